The minimum atomic E-state index is 0.281. The maximum atomic E-state index is 4.34. The van der Waals surface area contributed by atoms with Gasteiger partial charge in [0.25, 0.3) is 0 Å². The standard InChI is InChI=1S/C12H20N2S/c1-10(11-7-5-6-8-13-11)14-9-12(2,3)15-4/h5-8,10,14H,9H2,1-4H3. The van der Waals surface area contributed by atoms with Gasteiger partial charge < -0.3 is 5.32 Å². The van der Waals surface area contributed by atoms with Crippen LogP contribution in [0.5, 0.6) is 0 Å². The largest absolute Gasteiger partial charge is 0.307 e. The first-order valence-corrected chi connectivity index (χ1v) is 6.47. The smallest absolute Gasteiger partial charge is 0.0570 e. The van der Waals surface area contributed by atoms with Gasteiger partial charge in [0.05, 0.1) is 5.69 Å². The summed E-state index contributed by atoms with van der Waals surface area (Å²) in [6.07, 6.45) is 3.99. The van der Waals surface area contributed by atoms with E-state index in [9.17, 15) is 0 Å². The molecule has 3 heteroatoms. The van der Waals surface area contributed by atoms with Gasteiger partial charge in [-0.25, -0.2) is 0 Å². The third-order valence-corrected chi connectivity index (χ3v) is 3.77. The quantitative estimate of drug-likeness (QED) is 0.832. The summed E-state index contributed by atoms with van der Waals surface area (Å²) < 4.78 is 0.281. The minimum absolute atomic E-state index is 0.281. The third-order valence-electron chi connectivity index (χ3n) is 2.52. The molecule has 0 aromatic carbocycles. The van der Waals surface area contributed by atoms with Crippen LogP contribution in [0.3, 0.4) is 0 Å². The number of hydrogen-bond donors (Lipinski definition) is 1. The van der Waals surface area contributed by atoms with Crippen molar-refractivity contribution in [2.24, 2.45) is 0 Å². The lowest BCUT2D eigenvalue weighted by atomic mass is 10.1. The highest BCUT2D eigenvalue weighted by atomic mass is 32.2. The van der Waals surface area contributed by atoms with Crippen LogP contribution >= 0.6 is 11.8 Å². The Bertz CT molecular complexity index is 285. The average Bonchev–Trinajstić information content (AvgIpc) is 2.27. The summed E-state index contributed by atoms with van der Waals surface area (Å²) in [6, 6.07) is 6.35. The molecule has 0 radical (unpaired) electrons. The fourth-order valence-corrected chi connectivity index (χ4v) is 1.44. The van der Waals surface area contributed by atoms with E-state index in [1.165, 1.54) is 0 Å². The highest BCUT2D eigenvalue weighted by Gasteiger charge is 2.17. The molecule has 1 heterocycles. The number of pyridine rings is 1. The Kier molecular flexibility index (Phi) is 4.61. The second-order valence-corrected chi connectivity index (χ2v) is 5.83. The molecule has 1 aromatic rings. The molecule has 0 spiro atoms. The van der Waals surface area contributed by atoms with E-state index >= 15 is 0 Å². The molecule has 1 rings (SSSR count). The maximum Gasteiger partial charge on any atom is 0.0570 e. The molecule has 0 aliphatic carbocycles. The molecule has 2 nitrogen and oxygen atoms in total. The highest BCUT2D eigenvalue weighted by molar-refractivity contribution is 7.99. The molecule has 0 saturated carbocycles. The van der Waals surface area contributed by atoms with E-state index in [1.54, 1.807) is 0 Å². The Morgan fingerprint density at radius 2 is 2.20 bits per heavy atom. The fourth-order valence-electron chi connectivity index (χ4n) is 1.21. The van der Waals surface area contributed by atoms with Gasteiger partial charge in [-0.15, -0.1) is 0 Å². The van der Waals surface area contributed by atoms with Gasteiger partial charge in [-0.1, -0.05) is 6.07 Å². The summed E-state index contributed by atoms with van der Waals surface area (Å²) in [5.74, 6) is 0. The molecule has 1 N–H and O–H groups in total. The van der Waals surface area contributed by atoms with Gasteiger partial charge in [0.1, 0.15) is 0 Å². The maximum absolute atomic E-state index is 4.34. The van der Waals surface area contributed by atoms with Crippen molar-refractivity contribution in [3.63, 3.8) is 0 Å². The average molecular weight is 224 g/mol. The Hall–Kier alpha value is -0.540. The van der Waals surface area contributed by atoms with E-state index < -0.39 is 0 Å². The van der Waals surface area contributed by atoms with Crippen molar-refractivity contribution in [3.05, 3.63) is 30.1 Å². The fraction of sp³-hybridized carbons (Fsp3) is 0.583. The molecule has 1 aromatic heterocycles. The van der Waals surface area contributed by atoms with Crippen molar-refractivity contribution < 1.29 is 0 Å². The zero-order valence-corrected chi connectivity index (χ0v) is 10.8. The van der Waals surface area contributed by atoms with E-state index in [0.717, 1.165) is 12.2 Å². The molecule has 0 saturated heterocycles. The van der Waals surface area contributed by atoms with Crippen LogP contribution in [0.1, 0.15) is 32.5 Å². The Morgan fingerprint density at radius 1 is 1.47 bits per heavy atom. The molecular formula is C12H20N2S. The normalized spacial score (nSPS) is 13.9. The van der Waals surface area contributed by atoms with Gasteiger partial charge in [-0.05, 0) is 39.2 Å². The lowest BCUT2D eigenvalue weighted by Gasteiger charge is -2.24. The Balaban J connectivity index is 2.47. The summed E-state index contributed by atoms with van der Waals surface area (Å²) in [6.45, 7) is 7.64. The van der Waals surface area contributed by atoms with E-state index in [4.69, 9.17) is 0 Å². The number of nitrogens with one attached hydrogen (secondary N) is 1. The SMILES string of the molecule is CSC(C)(C)CNC(C)c1ccccn1. The number of nitrogens with zero attached hydrogens (tertiary/aromatic N) is 1. The zero-order valence-electron chi connectivity index (χ0n) is 9.95. The van der Waals surface area contributed by atoms with Gasteiger partial charge in [0.15, 0.2) is 0 Å². The summed E-state index contributed by atoms with van der Waals surface area (Å²) in [5, 5.41) is 3.51. The minimum Gasteiger partial charge on any atom is -0.307 e. The first-order valence-electron chi connectivity index (χ1n) is 5.24. The summed E-state index contributed by atoms with van der Waals surface area (Å²) in [7, 11) is 0. The second kappa shape index (κ2) is 5.52. The first kappa shape index (κ1) is 12.5. The topological polar surface area (TPSA) is 24.9 Å². The van der Waals surface area contributed by atoms with Crippen molar-refractivity contribution in [2.75, 3.05) is 12.8 Å². The van der Waals surface area contributed by atoms with E-state index in [-0.39, 0.29) is 4.75 Å². The molecule has 1 atom stereocenters. The molecule has 0 amide bonds. The van der Waals surface area contributed by atoms with Crippen LogP contribution in [0, 0.1) is 0 Å². The molecule has 0 bridgehead atoms. The predicted molar refractivity (Wildman–Crippen MR) is 68.2 cm³/mol. The molecule has 1 unspecified atom stereocenters. The van der Waals surface area contributed by atoms with Crippen LogP contribution in [-0.4, -0.2) is 22.5 Å². The molecular weight excluding hydrogens is 204 g/mol. The number of aromatic nitrogens is 1. The van der Waals surface area contributed by atoms with Gasteiger partial charge in [0.2, 0.25) is 0 Å². The lowest BCUT2D eigenvalue weighted by molar-refractivity contribution is 0.514. The number of thioether (sulfide) groups is 1. The van der Waals surface area contributed by atoms with Gasteiger partial charge in [0, 0.05) is 23.5 Å². The summed E-state index contributed by atoms with van der Waals surface area (Å²) in [5.41, 5.74) is 1.11. The van der Waals surface area contributed by atoms with E-state index in [2.05, 4.69) is 43.4 Å². The monoisotopic (exact) mass is 224 g/mol. The molecule has 0 aliphatic rings. The van der Waals surface area contributed by atoms with Crippen molar-refractivity contribution in [2.45, 2.75) is 31.6 Å². The van der Waals surface area contributed by atoms with E-state index in [1.807, 2.05) is 30.1 Å². The van der Waals surface area contributed by atoms with Crippen LogP contribution < -0.4 is 5.32 Å². The molecule has 84 valence electrons. The molecule has 0 aliphatic heterocycles. The lowest BCUT2D eigenvalue weighted by Crippen LogP contribution is -2.33. The Morgan fingerprint density at radius 3 is 2.73 bits per heavy atom. The van der Waals surface area contributed by atoms with Crippen molar-refractivity contribution in [1.29, 1.82) is 0 Å². The Labute approximate surface area is 96.9 Å². The van der Waals surface area contributed by atoms with Gasteiger partial charge >= 0.3 is 0 Å². The van der Waals surface area contributed by atoms with Crippen LogP contribution in [0.25, 0.3) is 0 Å². The third kappa shape index (κ3) is 4.22. The first-order chi connectivity index (χ1) is 7.05. The van der Waals surface area contributed by atoms with Crippen molar-refractivity contribution in [1.82, 2.24) is 10.3 Å². The van der Waals surface area contributed by atoms with Crippen molar-refractivity contribution >= 4 is 11.8 Å². The summed E-state index contributed by atoms with van der Waals surface area (Å²) in [4.78, 5) is 4.34. The summed E-state index contributed by atoms with van der Waals surface area (Å²) >= 11 is 1.88. The molecule has 0 fully saturated rings. The number of rotatable bonds is 5. The van der Waals surface area contributed by atoms with Crippen LogP contribution in [-0.2, 0) is 0 Å². The predicted octanol–water partition coefficient (Wildman–Crippen LogP) is 2.87. The van der Waals surface area contributed by atoms with Crippen LogP contribution in [0.2, 0.25) is 0 Å². The van der Waals surface area contributed by atoms with Crippen LogP contribution in [0.4, 0.5) is 0 Å². The highest BCUT2D eigenvalue weighted by Crippen LogP contribution is 2.21. The van der Waals surface area contributed by atoms with Gasteiger partial charge in [-0.2, -0.15) is 11.8 Å². The zero-order chi connectivity index (χ0) is 11.3. The second-order valence-electron chi connectivity index (χ2n) is 4.32. The van der Waals surface area contributed by atoms with Crippen LogP contribution in [0.15, 0.2) is 24.4 Å². The number of hydrogen-bond acceptors (Lipinski definition) is 3. The van der Waals surface area contributed by atoms with E-state index in [0.29, 0.717) is 6.04 Å². The van der Waals surface area contributed by atoms with Gasteiger partial charge in [-0.3, -0.25) is 4.98 Å². The molecule has 15 heavy (non-hydrogen) atoms. The van der Waals surface area contributed by atoms with Crippen molar-refractivity contribution in [3.8, 4) is 0 Å².